The lowest BCUT2D eigenvalue weighted by Gasteiger charge is -2.31. The fourth-order valence-corrected chi connectivity index (χ4v) is 2.96. The van der Waals surface area contributed by atoms with E-state index in [0.29, 0.717) is 17.5 Å². The van der Waals surface area contributed by atoms with Crippen LogP contribution in [0.3, 0.4) is 0 Å². The lowest BCUT2D eigenvalue weighted by molar-refractivity contribution is -0.152. The first-order chi connectivity index (χ1) is 11.5. The minimum atomic E-state index is -0.286. The molecule has 132 valence electrons. The predicted molar refractivity (Wildman–Crippen MR) is 92.9 cm³/mol. The maximum atomic E-state index is 11.9. The topological polar surface area (TPSA) is 64.6 Å². The molecule has 0 saturated heterocycles. The molecule has 5 nitrogen and oxygen atoms in total. The number of hydrogen-bond donors (Lipinski definition) is 1. The molecule has 1 amide bonds. The maximum Gasteiger partial charge on any atom is 0.306 e. The van der Waals surface area contributed by atoms with Crippen molar-refractivity contribution < 1.29 is 19.1 Å². The van der Waals surface area contributed by atoms with E-state index in [9.17, 15) is 9.59 Å². The van der Waals surface area contributed by atoms with Crippen LogP contribution >= 0.6 is 0 Å². The molecule has 1 fully saturated rings. The smallest absolute Gasteiger partial charge is 0.306 e. The highest BCUT2D eigenvalue weighted by Crippen LogP contribution is 2.31. The summed E-state index contributed by atoms with van der Waals surface area (Å²) in [7, 11) is 1.59. The summed E-state index contributed by atoms with van der Waals surface area (Å²) in [6.07, 6.45) is 3.19. The summed E-state index contributed by atoms with van der Waals surface area (Å²) < 4.78 is 10.6. The van der Waals surface area contributed by atoms with Crippen LogP contribution in [0, 0.1) is 11.8 Å². The third-order valence-corrected chi connectivity index (χ3v) is 4.78. The lowest BCUT2D eigenvalue weighted by atomic mass is 9.80. The number of rotatable bonds is 6. The van der Waals surface area contributed by atoms with Crippen molar-refractivity contribution in [2.24, 2.45) is 11.8 Å². The first-order valence-corrected chi connectivity index (χ1v) is 8.61. The van der Waals surface area contributed by atoms with Crippen molar-refractivity contribution >= 4 is 17.6 Å². The number of esters is 1. The van der Waals surface area contributed by atoms with Gasteiger partial charge in [-0.1, -0.05) is 13.8 Å². The summed E-state index contributed by atoms with van der Waals surface area (Å²) >= 11 is 0. The second-order valence-electron chi connectivity index (χ2n) is 6.66. The van der Waals surface area contributed by atoms with Crippen molar-refractivity contribution in [3.05, 3.63) is 24.3 Å². The molecule has 1 N–H and O–H groups in total. The number of nitrogens with one attached hydrogen (secondary N) is 1. The predicted octanol–water partition coefficient (Wildman–Crippen LogP) is 3.78. The number of anilines is 1. The van der Waals surface area contributed by atoms with E-state index in [4.69, 9.17) is 9.47 Å². The Morgan fingerprint density at radius 3 is 2.42 bits per heavy atom. The monoisotopic (exact) mass is 333 g/mol. The van der Waals surface area contributed by atoms with E-state index in [1.54, 1.807) is 31.4 Å². The van der Waals surface area contributed by atoms with Gasteiger partial charge in [0.1, 0.15) is 11.9 Å². The van der Waals surface area contributed by atoms with Gasteiger partial charge in [0.05, 0.1) is 13.5 Å². The van der Waals surface area contributed by atoms with Crippen molar-refractivity contribution in [1.82, 2.24) is 0 Å². The van der Waals surface area contributed by atoms with E-state index in [-0.39, 0.29) is 30.8 Å². The van der Waals surface area contributed by atoms with Gasteiger partial charge in [0.15, 0.2) is 0 Å². The van der Waals surface area contributed by atoms with E-state index >= 15 is 0 Å². The molecule has 0 spiro atoms. The number of carbonyl (C=O) groups is 2. The molecule has 0 aliphatic heterocycles. The maximum absolute atomic E-state index is 11.9. The fourth-order valence-electron chi connectivity index (χ4n) is 2.96. The Bertz CT molecular complexity index is 555. The van der Waals surface area contributed by atoms with Crippen LogP contribution in [-0.4, -0.2) is 25.1 Å². The molecular formula is C19H27NO4. The standard InChI is InChI=1S/C19H27NO4/c1-13-4-7-17(12-14(13)2)24-19(22)11-10-18(21)20-15-5-8-16(23-3)9-6-15/h5-6,8-9,13-14,17H,4,7,10-12H2,1-3H3,(H,20,21)/t13-,14+,17-/m1/s1. The van der Waals surface area contributed by atoms with Crippen LogP contribution in [0.4, 0.5) is 5.69 Å². The molecule has 1 aliphatic carbocycles. The van der Waals surface area contributed by atoms with Gasteiger partial charge in [0.2, 0.25) is 5.91 Å². The van der Waals surface area contributed by atoms with Gasteiger partial charge in [0.25, 0.3) is 0 Å². The SMILES string of the molecule is COc1ccc(NC(=O)CCC(=O)O[C@@H]2CC[C@@H](C)[C@@H](C)C2)cc1. The normalized spacial score (nSPS) is 23.4. The Balaban J connectivity index is 1.70. The van der Waals surface area contributed by atoms with Crippen LogP contribution < -0.4 is 10.1 Å². The van der Waals surface area contributed by atoms with E-state index in [0.717, 1.165) is 25.0 Å². The number of benzene rings is 1. The van der Waals surface area contributed by atoms with Crippen molar-refractivity contribution in [3.8, 4) is 5.75 Å². The minimum absolute atomic E-state index is 0.00773. The highest BCUT2D eigenvalue weighted by Gasteiger charge is 2.27. The van der Waals surface area contributed by atoms with Crippen LogP contribution in [0.25, 0.3) is 0 Å². The Labute approximate surface area is 143 Å². The zero-order chi connectivity index (χ0) is 17.5. The third kappa shape index (κ3) is 5.55. The van der Waals surface area contributed by atoms with Gasteiger partial charge < -0.3 is 14.8 Å². The van der Waals surface area contributed by atoms with Gasteiger partial charge >= 0.3 is 5.97 Å². The molecule has 1 saturated carbocycles. The largest absolute Gasteiger partial charge is 0.497 e. The first kappa shape index (κ1) is 18.3. The van der Waals surface area contributed by atoms with Crippen molar-refractivity contribution in [2.45, 2.75) is 52.1 Å². The van der Waals surface area contributed by atoms with Gasteiger partial charge in [-0.25, -0.2) is 0 Å². The summed E-state index contributed by atoms with van der Waals surface area (Å²) in [6, 6.07) is 7.07. The van der Waals surface area contributed by atoms with E-state index in [1.165, 1.54) is 0 Å². The zero-order valence-electron chi connectivity index (χ0n) is 14.7. The van der Waals surface area contributed by atoms with Gasteiger partial charge in [-0.3, -0.25) is 9.59 Å². The molecule has 1 aliphatic rings. The summed E-state index contributed by atoms with van der Waals surface area (Å²) in [5, 5.41) is 2.76. The average molecular weight is 333 g/mol. The van der Waals surface area contributed by atoms with Gasteiger partial charge in [0, 0.05) is 12.1 Å². The second-order valence-corrected chi connectivity index (χ2v) is 6.66. The molecule has 3 atom stereocenters. The number of carbonyl (C=O) groups excluding carboxylic acids is 2. The van der Waals surface area contributed by atoms with Gasteiger partial charge in [-0.2, -0.15) is 0 Å². The van der Waals surface area contributed by atoms with Crippen LogP contribution in [0.15, 0.2) is 24.3 Å². The highest BCUT2D eigenvalue weighted by molar-refractivity contribution is 5.92. The van der Waals surface area contributed by atoms with E-state index < -0.39 is 0 Å². The van der Waals surface area contributed by atoms with Crippen LogP contribution in [0.1, 0.15) is 46.0 Å². The quantitative estimate of drug-likeness (QED) is 0.805. The minimum Gasteiger partial charge on any atom is -0.497 e. The Morgan fingerprint density at radius 2 is 1.79 bits per heavy atom. The molecule has 2 rings (SSSR count). The third-order valence-electron chi connectivity index (χ3n) is 4.78. The van der Waals surface area contributed by atoms with Crippen molar-refractivity contribution in [2.75, 3.05) is 12.4 Å². The fraction of sp³-hybridized carbons (Fsp3) is 0.579. The molecule has 1 aromatic rings. The van der Waals surface area contributed by atoms with E-state index in [2.05, 4.69) is 19.2 Å². The number of hydrogen-bond acceptors (Lipinski definition) is 4. The molecule has 24 heavy (non-hydrogen) atoms. The Morgan fingerprint density at radius 1 is 1.08 bits per heavy atom. The summed E-state index contributed by atoms with van der Waals surface area (Å²) in [5.74, 6) is 1.52. The first-order valence-electron chi connectivity index (χ1n) is 8.61. The van der Waals surface area contributed by atoms with E-state index in [1.807, 2.05) is 0 Å². The summed E-state index contributed by atoms with van der Waals surface area (Å²) in [4.78, 5) is 23.8. The Kier molecular flexibility index (Phi) is 6.64. The lowest BCUT2D eigenvalue weighted by Crippen LogP contribution is -2.29. The van der Waals surface area contributed by atoms with Crippen LogP contribution in [-0.2, 0) is 14.3 Å². The van der Waals surface area contributed by atoms with Crippen molar-refractivity contribution in [1.29, 1.82) is 0 Å². The van der Waals surface area contributed by atoms with Crippen LogP contribution in [0.5, 0.6) is 5.75 Å². The molecule has 5 heteroatoms. The highest BCUT2D eigenvalue weighted by atomic mass is 16.5. The molecular weight excluding hydrogens is 306 g/mol. The summed E-state index contributed by atoms with van der Waals surface area (Å²) in [6.45, 7) is 4.44. The zero-order valence-corrected chi connectivity index (χ0v) is 14.7. The molecule has 0 radical (unpaired) electrons. The molecule has 0 unspecified atom stereocenters. The molecule has 1 aromatic carbocycles. The molecule has 0 bridgehead atoms. The van der Waals surface area contributed by atoms with Gasteiger partial charge in [-0.15, -0.1) is 0 Å². The molecule has 0 heterocycles. The number of ether oxygens (including phenoxy) is 2. The Hall–Kier alpha value is -2.04. The number of amides is 1. The summed E-state index contributed by atoms with van der Waals surface area (Å²) in [5.41, 5.74) is 0.685. The molecule has 0 aromatic heterocycles. The average Bonchev–Trinajstić information content (AvgIpc) is 2.57. The van der Waals surface area contributed by atoms with Crippen LogP contribution in [0.2, 0.25) is 0 Å². The van der Waals surface area contributed by atoms with Gasteiger partial charge in [-0.05, 0) is 55.4 Å². The van der Waals surface area contributed by atoms with Crippen molar-refractivity contribution in [3.63, 3.8) is 0 Å². The number of methoxy groups -OCH3 is 1. The second kappa shape index (κ2) is 8.71.